The highest BCUT2D eigenvalue weighted by atomic mass is 32.1. The van der Waals surface area contributed by atoms with Gasteiger partial charge >= 0.3 is 0 Å². The van der Waals surface area contributed by atoms with Crippen LogP contribution in [0.25, 0.3) is 0 Å². The van der Waals surface area contributed by atoms with Gasteiger partial charge in [0.1, 0.15) is 5.69 Å². The normalized spacial score (nSPS) is 18.5. The average Bonchev–Trinajstić information content (AvgIpc) is 3.19. The van der Waals surface area contributed by atoms with Crippen molar-refractivity contribution in [3.8, 4) is 0 Å². The predicted molar refractivity (Wildman–Crippen MR) is 99.7 cm³/mol. The number of ether oxygens (including phenoxy) is 1. The molecular formula is C18H22N4O2S. The first-order valence-electron chi connectivity index (χ1n) is 8.69. The van der Waals surface area contributed by atoms with Gasteiger partial charge in [-0.1, -0.05) is 18.2 Å². The van der Waals surface area contributed by atoms with Gasteiger partial charge in [0.2, 0.25) is 0 Å². The number of nitrogens with zero attached hydrogens (tertiary/aromatic N) is 4. The number of hydrogen-bond donors (Lipinski definition) is 0. The van der Waals surface area contributed by atoms with Crippen LogP contribution >= 0.6 is 11.3 Å². The number of benzene rings is 1. The molecule has 1 amide bonds. The van der Waals surface area contributed by atoms with Crippen LogP contribution in [0.2, 0.25) is 0 Å². The Morgan fingerprint density at radius 2 is 1.64 bits per heavy atom. The van der Waals surface area contributed by atoms with Gasteiger partial charge in [-0.3, -0.25) is 4.79 Å². The Labute approximate surface area is 151 Å². The van der Waals surface area contributed by atoms with Crippen LogP contribution < -0.4 is 9.80 Å². The van der Waals surface area contributed by atoms with Gasteiger partial charge in [0.25, 0.3) is 5.91 Å². The van der Waals surface area contributed by atoms with Gasteiger partial charge in [-0.2, -0.15) is 0 Å². The van der Waals surface area contributed by atoms with E-state index < -0.39 is 0 Å². The quantitative estimate of drug-likeness (QED) is 0.839. The van der Waals surface area contributed by atoms with Crippen molar-refractivity contribution in [3.05, 3.63) is 41.4 Å². The summed E-state index contributed by atoms with van der Waals surface area (Å²) in [4.78, 5) is 23.6. The van der Waals surface area contributed by atoms with Crippen LogP contribution in [-0.4, -0.2) is 68.3 Å². The van der Waals surface area contributed by atoms with Gasteiger partial charge in [-0.15, -0.1) is 11.3 Å². The van der Waals surface area contributed by atoms with E-state index in [1.165, 1.54) is 5.69 Å². The zero-order chi connectivity index (χ0) is 17.1. The van der Waals surface area contributed by atoms with Crippen molar-refractivity contribution in [1.82, 2.24) is 9.88 Å². The molecule has 0 spiro atoms. The molecule has 0 radical (unpaired) electrons. The minimum Gasteiger partial charge on any atom is -0.378 e. The molecule has 0 N–H and O–H groups in total. The molecule has 0 unspecified atom stereocenters. The van der Waals surface area contributed by atoms with Gasteiger partial charge in [-0.25, -0.2) is 4.98 Å². The maximum Gasteiger partial charge on any atom is 0.273 e. The van der Waals surface area contributed by atoms with Crippen molar-refractivity contribution in [2.45, 2.75) is 0 Å². The smallest absolute Gasteiger partial charge is 0.273 e. The van der Waals surface area contributed by atoms with Gasteiger partial charge in [-0.05, 0) is 12.1 Å². The fraction of sp³-hybridized carbons (Fsp3) is 0.444. The molecular weight excluding hydrogens is 336 g/mol. The van der Waals surface area contributed by atoms with Crippen LogP contribution in [0.3, 0.4) is 0 Å². The Hall–Kier alpha value is -2.12. The van der Waals surface area contributed by atoms with Crippen molar-refractivity contribution in [3.63, 3.8) is 0 Å². The lowest BCUT2D eigenvalue weighted by atomic mass is 10.2. The monoisotopic (exact) mass is 358 g/mol. The lowest BCUT2D eigenvalue weighted by molar-refractivity contribution is 0.0299. The topological polar surface area (TPSA) is 48.9 Å². The molecule has 3 heterocycles. The molecule has 2 aromatic rings. The van der Waals surface area contributed by atoms with Gasteiger partial charge in [0.05, 0.1) is 13.2 Å². The molecule has 1 aromatic heterocycles. The van der Waals surface area contributed by atoms with Gasteiger partial charge in [0.15, 0.2) is 5.13 Å². The third-order valence-electron chi connectivity index (χ3n) is 4.68. The fourth-order valence-electron chi connectivity index (χ4n) is 3.23. The van der Waals surface area contributed by atoms with E-state index in [-0.39, 0.29) is 5.91 Å². The summed E-state index contributed by atoms with van der Waals surface area (Å²) < 4.78 is 5.31. The number of anilines is 2. The zero-order valence-electron chi connectivity index (χ0n) is 14.1. The molecule has 7 heteroatoms. The molecule has 2 aliphatic rings. The van der Waals surface area contributed by atoms with Crippen molar-refractivity contribution in [1.29, 1.82) is 0 Å². The van der Waals surface area contributed by atoms with E-state index in [9.17, 15) is 4.79 Å². The summed E-state index contributed by atoms with van der Waals surface area (Å²) in [5, 5.41) is 2.83. The van der Waals surface area contributed by atoms with Gasteiger partial charge < -0.3 is 19.4 Å². The van der Waals surface area contributed by atoms with Crippen molar-refractivity contribution in [2.24, 2.45) is 0 Å². The summed E-state index contributed by atoms with van der Waals surface area (Å²) in [6.45, 7) is 6.32. The number of rotatable bonds is 3. The number of thiazole rings is 1. The summed E-state index contributed by atoms with van der Waals surface area (Å²) in [5.41, 5.74) is 1.83. The number of aromatic nitrogens is 1. The number of carbonyl (C=O) groups excluding carboxylic acids is 1. The second-order valence-corrected chi connectivity index (χ2v) is 7.07. The number of carbonyl (C=O) groups is 1. The first-order chi connectivity index (χ1) is 12.3. The van der Waals surface area contributed by atoms with E-state index in [2.05, 4.69) is 39.0 Å². The molecule has 0 saturated carbocycles. The number of piperazine rings is 1. The van der Waals surface area contributed by atoms with E-state index in [0.717, 1.165) is 31.3 Å². The number of morpholine rings is 1. The summed E-state index contributed by atoms with van der Waals surface area (Å²) in [7, 11) is 0. The second-order valence-electron chi connectivity index (χ2n) is 6.23. The predicted octanol–water partition coefficient (Wildman–Crippen LogP) is 1.94. The third-order valence-corrected chi connectivity index (χ3v) is 5.58. The third kappa shape index (κ3) is 3.62. The lowest BCUT2D eigenvalue weighted by Gasteiger charge is -2.36. The minimum absolute atomic E-state index is 0.0220. The standard InChI is InChI=1S/C18H22N4O2S/c23-17(21-10-12-24-13-11-21)16-14-25-18(19-16)22-8-6-20(7-9-22)15-4-2-1-3-5-15/h1-5,14H,6-13H2. The van der Waals surface area contributed by atoms with Crippen LogP contribution in [0.1, 0.15) is 10.5 Å². The number of amides is 1. The highest BCUT2D eigenvalue weighted by molar-refractivity contribution is 7.13. The molecule has 0 atom stereocenters. The van der Waals surface area contributed by atoms with E-state index in [4.69, 9.17) is 4.74 Å². The fourth-order valence-corrected chi connectivity index (χ4v) is 4.08. The SMILES string of the molecule is O=C(c1csc(N2CCN(c3ccccc3)CC2)n1)N1CCOCC1. The molecule has 2 saturated heterocycles. The Bertz CT molecular complexity index is 707. The molecule has 25 heavy (non-hydrogen) atoms. The van der Waals surface area contributed by atoms with E-state index in [1.807, 2.05) is 16.3 Å². The maximum absolute atomic E-state index is 12.5. The Morgan fingerprint density at radius 1 is 0.960 bits per heavy atom. The van der Waals surface area contributed by atoms with E-state index in [1.54, 1.807) is 11.3 Å². The Morgan fingerprint density at radius 3 is 2.36 bits per heavy atom. The van der Waals surface area contributed by atoms with Crippen LogP contribution in [-0.2, 0) is 4.74 Å². The zero-order valence-corrected chi connectivity index (χ0v) is 15.0. The summed E-state index contributed by atoms with van der Waals surface area (Å²) >= 11 is 1.56. The Balaban J connectivity index is 1.37. The number of para-hydroxylation sites is 1. The molecule has 1 aromatic carbocycles. The lowest BCUT2D eigenvalue weighted by Crippen LogP contribution is -2.46. The minimum atomic E-state index is 0.0220. The summed E-state index contributed by atoms with van der Waals surface area (Å²) in [6.07, 6.45) is 0. The first kappa shape index (κ1) is 16.4. The van der Waals surface area contributed by atoms with Crippen LogP contribution in [0, 0.1) is 0 Å². The molecule has 2 aliphatic heterocycles. The second kappa shape index (κ2) is 7.41. The summed E-state index contributed by atoms with van der Waals surface area (Å²) in [5.74, 6) is 0.0220. The van der Waals surface area contributed by atoms with E-state index >= 15 is 0 Å². The molecule has 132 valence electrons. The van der Waals surface area contributed by atoms with Crippen LogP contribution in [0.4, 0.5) is 10.8 Å². The molecule has 2 fully saturated rings. The highest BCUT2D eigenvalue weighted by Crippen LogP contribution is 2.24. The summed E-state index contributed by atoms with van der Waals surface area (Å²) in [6, 6.07) is 10.5. The highest BCUT2D eigenvalue weighted by Gasteiger charge is 2.24. The largest absolute Gasteiger partial charge is 0.378 e. The first-order valence-corrected chi connectivity index (χ1v) is 9.57. The molecule has 0 bridgehead atoms. The maximum atomic E-state index is 12.5. The van der Waals surface area contributed by atoms with Crippen LogP contribution in [0.5, 0.6) is 0 Å². The van der Waals surface area contributed by atoms with Crippen molar-refractivity contribution in [2.75, 3.05) is 62.3 Å². The molecule has 0 aliphatic carbocycles. The molecule has 4 rings (SSSR count). The van der Waals surface area contributed by atoms with Crippen molar-refractivity contribution < 1.29 is 9.53 Å². The average molecular weight is 358 g/mol. The van der Waals surface area contributed by atoms with Gasteiger partial charge in [0, 0.05) is 50.3 Å². The Kier molecular flexibility index (Phi) is 4.85. The van der Waals surface area contributed by atoms with E-state index in [0.29, 0.717) is 32.0 Å². The molecule has 6 nitrogen and oxygen atoms in total. The van der Waals surface area contributed by atoms with Crippen LogP contribution in [0.15, 0.2) is 35.7 Å². The van der Waals surface area contributed by atoms with Crippen molar-refractivity contribution >= 4 is 28.1 Å². The number of hydrogen-bond acceptors (Lipinski definition) is 6.